The summed E-state index contributed by atoms with van der Waals surface area (Å²) in [6.45, 7) is 1.86. The van der Waals surface area contributed by atoms with Gasteiger partial charge in [-0.15, -0.1) is 0 Å². The van der Waals surface area contributed by atoms with E-state index in [1.807, 2.05) is 42.8 Å². The average Bonchev–Trinajstić information content (AvgIpc) is 2.89. The first-order valence-electron chi connectivity index (χ1n) is 6.26. The molecule has 3 rings (SSSR count). The number of rotatable bonds is 2. The number of fused-ring (bicyclic) bond motifs is 1. The maximum Gasteiger partial charge on any atom is 0.160 e. The predicted octanol–water partition coefficient (Wildman–Crippen LogP) is 1.72. The van der Waals surface area contributed by atoms with Crippen molar-refractivity contribution >= 4 is 16.7 Å². The van der Waals surface area contributed by atoms with Crippen LogP contribution >= 0.6 is 0 Å². The molecule has 0 fully saturated rings. The molecule has 6 heteroatoms. The van der Waals surface area contributed by atoms with Crippen LogP contribution in [0.25, 0.3) is 16.9 Å². The first-order chi connectivity index (χ1) is 9.63. The van der Waals surface area contributed by atoms with E-state index in [1.165, 1.54) is 0 Å². The SMILES string of the molecule is Cc1nn(C)c(-n2c(CC#N)nc3ccccc32)c1N. The van der Waals surface area contributed by atoms with E-state index in [4.69, 9.17) is 11.0 Å². The highest BCUT2D eigenvalue weighted by atomic mass is 15.3. The third-order valence-electron chi connectivity index (χ3n) is 3.32. The molecule has 0 bridgehead atoms. The highest BCUT2D eigenvalue weighted by molar-refractivity contribution is 5.79. The lowest BCUT2D eigenvalue weighted by Gasteiger charge is -2.09. The van der Waals surface area contributed by atoms with Crippen LogP contribution in [0.15, 0.2) is 24.3 Å². The van der Waals surface area contributed by atoms with Gasteiger partial charge in [-0.3, -0.25) is 4.57 Å². The summed E-state index contributed by atoms with van der Waals surface area (Å²) in [5.74, 6) is 1.42. The highest BCUT2D eigenvalue weighted by Gasteiger charge is 2.18. The Hall–Kier alpha value is -2.81. The number of para-hydroxylation sites is 2. The topological polar surface area (TPSA) is 85.5 Å². The van der Waals surface area contributed by atoms with Crippen LogP contribution in [0.1, 0.15) is 11.5 Å². The molecule has 20 heavy (non-hydrogen) atoms. The minimum atomic E-state index is 0.221. The summed E-state index contributed by atoms with van der Waals surface area (Å²) in [7, 11) is 1.84. The van der Waals surface area contributed by atoms with Crippen molar-refractivity contribution in [1.29, 1.82) is 5.26 Å². The van der Waals surface area contributed by atoms with Crippen molar-refractivity contribution in [3.63, 3.8) is 0 Å². The van der Waals surface area contributed by atoms with Gasteiger partial charge in [0.2, 0.25) is 0 Å². The molecule has 0 atom stereocenters. The summed E-state index contributed by atoms with van der Waals surface area (Å²) >= 11 is 0. The van der Waals surface area contributed by atoms with Crippen LogP contribution in [0, 0.1) is 18.3 Å². The Kier molecular flexibility index (Phi) is 2.68. The van der Waals surface area contributed by atoms with Crippen molar-refractivity contribution in [3.8, 4) is 11.9 Å². The first-order valence-corrected chi connectivity index (χ1v) is 6.26. The average molecular weight is 266 g/mol. The van der Waals surface area contributed by atoms with E-state index in [9.17, 15) is 0 Å². The molecule has 0 amide bonds. The van der Waals surface area contributed by atoms with Gasteiger partial charge in [0.25, 0.3) is 0 Å². The smallest absolute Gasteiger partial charge is 0.160 e. The summed E-state index contributed by atoms with van der Waals surface area (Å²) in [6, 6.07) is 9.90. The number of aromatic nitrogens is 4. The Morgan fingerprint density at radius 1 is 1.35 bits per heavy atom. The molecule has 1 aromatic carbocycles. The summed E-state index contributed by atoms with van der Waals surface area (Å²) in [5, 5.41) is 13.3. The van der Waals surface area contributed by atoms with Crippen LogP contribution in [0.2, 0.25) is 0 Å². The maximum atomic E-state index is 9.00. The number of nitrogens with two attached hydrogens (primary N) is 1. The lowest BCUT2D eigenvalue weighted by Crippen LogP contribution is -2.08. The fourth-order valence-corrected chi connectivity index (χ4v) is 2.43. The van der Waals surface area contributed by atoms with Crippen molar-refractivity contribution in [2.75, 3.05) is 5.73 Å². The van der Waals surface area contributed by atoms with Crippen LogP contribution in [0.3, 0.4) is 0 Å². The van der Waals surface area contributed by atoms with Gasteiger partial charge < -0.3 is 5.73 Å². The van der Waals surface area contributed by atoms with E-state index in [0.717, 1.165) is 22.5 Å². The Morgan fingerprint density at radius 3 is 2.75 bits per heavy atom. The third-order valence-corrected chi connectivity index (χ3v) is 3.32. The number of anilines is 1. The second kappa shape index (κ2) is 4.38. The number of hydrogen-bond acceptors (Lipinski definition) is 4. The fourth-order valence-electron chi connectivity index (χ4n) is 2.43. The largest absolute Gasteiger partial charge is 0.394 e. The lowest BCUT2D eigenvalue weighted by molar-refractivity contribution is 0.718. The number of benzene rings is 1. The zero-order chi connectivity index (χ0) is 14.3. The van der Waals surface area contributed by atoms with E-state index in [2.05, 4.69) is 16.2 Å². The van der Waals surface area contributed by atoms with Crippen LogP contribution in [0.4, 0.5) is 5.69 Å². The van der Waals surface area contributed by atoms with E-state index >= 15 is 0 Å². The molecule has 0 aliphatic carbocycles. The molecule has 0 spiro atoms. The number of aryl methyl sites for hydroxylation is 2. The molecule has 2 heterocycles. The van der Waals surface area contributed by atoms with Gasteiger partial charge in [0, 0.05) is 7.05 Å². The number of hydrogen-bond donors (Lipinski definition) is 1. The lowest BCUT2D eigenvalue weighted by atomic mass is 10.3. The molecule has 6 nitrogen and oxygen atoms in total. The van der Waals surface area contributed by atoms with Crippen molar-refractivity contribution < 1.29 is 0 Å². The van der Waals surface area contributed by atoms with Crippen molar-refractivity contribution in [3.05, 3.63) is 35.8 Å². The molecule has 2 aromatic heterocycles. The molecule has 0 aliphatic heterocycles. The van der Waals surface area contributed by atoms with Crippen LogP contribution in [0.5, 0.6) is 0 Å². The summed E-state index contributed by atoms with van der Waals surface area (Å²) in [5.41, 5.74) is 9.28. The van der Waals surface area contributed by atoms with Crippen LogP contribution in [-0.4, -0.2) is 19.3 Å². The maximum absolute atomic E-state index is 9.00. The molecule has 0 aliphatic rings. The fraction of sp³-hybridized carbons (Fsp3) is 0.214. The summed E-state index contributed by atoms with van der Waals surface area (Å²) in [4.78, 5) is 4.51. The second-order valence-corrected chi connectivity index (χ2v) is 4.63. The molecular weight excluding hydrogens is 252 g/mol. The molecule has 0 unspecified atom stereocenters. The molecule has 0 radical (unpaired) electrons. The van der Waals surface area contributed by atoms with E-state index < -0.39 is 0 Å². The van der Waals surface area contributed by atoms with E-state index in [-0.39, 0.29) is 6.42 Å². The minimum absolute atomic E-state index is 0.221. The first kappa shape index (κ1) is 12.2. The van der Waals surface area contributed by atoms with E-state index in [0.29, 0.717) is 11.5 Å². The Balaban J connectivity index is 2.39. The third kappa shape index (κ3) is 1.64. The second-order valence-electron chi connectivity index (χ2n) is 4.63. The van der Waals surface area contributed by atoms with Crippen molar-refractivity contribution in [1.82, 2.24) is 19.3 Å². The van der Waals surface area contributed by atoms with Crippen LogP contribution in [-0.2, 0) is 13.5 Å². The van der Waals surface area contributed by atoms with Crippen molar-refractivity contribution in [2.24, 2.45) is 7.05 Å². The van der Waals surface area contributed by atoms with Gasteiger partial charge in [-0.1, -0.05) is 12.1 Å². The quantitative estimate of drug-likeness (QED) is 0.765. The number of nitriles is 1. The standard InChI is InChI=1S/C14H14N6/c1-9-13(16)14(19(2)18-9)20-11-6-4-3-5-10(11)17-12(20)7-8-15/h3-6H,7,16H2,1-2H3. The van der Waals surface area contributed by atoms with Gasteiger partial charge in [-0.25, -0.2) is 9.67 Å². The Labute approximate surface area is 116 Å². The molecule has 0 saturated heterocycles. The molecular formula is C14H14N6. The normalized spacial score (nSPS) is 10.8. The van der Waals surface area contributed by atoms with Gasteiger partial charge in [0.1, 0.15) is 5.82 Å². The number of nitrogen functional groups attached to an aromatic ring is 1. The molecule has 100 valence electrons. The van der Waals surface area contributed by atoms with Crippen molar-refractivity contribution in [2.45, 2.75) is 13.3 Å². The minimum Gasteiger partial charge on any atom is -0.394 e. The summed E-state index contributed by atoms with van der Waals surface area (Å²) < 4.78 is 3.63. The molecule has 3 aromatic rings. The highest BCUT2D eigenvalue weighted by Crippen LogP contribution is 2.27. The zero-order valence-corrected chi connectivity index (χ0v) is 11.3. The monoisotopic (exact) mass is 266 g/mol. The zero-order valence-electron chi connectivity index (χ0n) is 11.3. The number of imidazole rings is 1. The van der Waals surface area contributed by atoms with Gasteiger partial charge in [0.05, 0.1) is 34.9 Å². The van der Waals surface area contributed by atoms with Gasteiger partial charge in [0.15, 0.2) is 5.82 Å². The van der Waals surface area contributed by atoms with Gasteiger partial charge >= 0.3 is 0 Å². The number of nitrogens with zero attached hydrogens (tertiary/aromatic N) is 5. The van der Waals surface area contributed by atoms with Crippen LogP contribution < -0.4 is 5.73 Å². The van der Waals surface area contributed by atoms with Gasteiger partial charge in [-0.2, -0.15) is 10.4 Å². The summed E-state index contributed by atoms with van der Waals surface area (Å²) in [6.07, 6.45) is 0.221. The Bertz CT molecular complexity index is 833. The van der Waals surface area contributed by atoms with E-state index in [1.54, 1.807) is 4.68 Å². The molecule has 0 saturated carbocycles. The predicted molar refractivity (Wildman–Crippen MR) is 76.3 cm³/mol. The van der Waals surface area contributed by atoms with Gasteiger partial charge in [-0.05, 0) is 19.1 Å². The molecule has 2 N–H and O–H groups in total. The Morgan fingerprint density at radius 2 is 2.10 bits per heavy atom.